The molecule has 0 saturated carbocycles. The van der Waals surface area contributed by atoms with E-state index in [1.165, 1.54) is 4.31 Å². The van der Waals surface area contributed by atoms with E-state index in [1.807, 2.05) is 36.4 Å². The number of rotatable bonds is 7. The highest BCUT2D eigenvalue weighted by atomic mass is 35.5. The Hall–Kier alpha value is -4.07. The van der Waals surface area contributed by atoms with Gasteiger partial charge in [-0.3, -0.25) is 9.10 Å². The molecular formula is C30H25ClN2O4S. The Morgan fingerprint density at radius 1 is 0.895 bits per heavy atom. The van der Waals surface area contributed by atoms with Crippen LogP contribution >= 0.6 is 11.6 Å². The van der Waals surface area contributed by atoms with Gasteiger partial charge in [0.25, 0.3) is 15.9 Å². The molecule has 1 amide bonds. The number of halogens is 1. The van der Waals surface area contributed by atoms with Gasteiger partial charge in [-0.15, -0.1) is 0 Å². The fraction of sp³-hybridized carbons (Fsp3) is 0.100. The van der Waals surface area contributed by atoms with Crippen molar-refractivity contribution in [1.29, 1.82) is 0 Å². The Balaban J connectivity index is 1.51. The molecule has 1 aliphatic rings. The van der Waals surface area contributed by atoms with Crippen LogP contribution in [0.2, 0.25) is 5.02 Å². The van der Waals surface area contributed by atoms with Crippen LogP contribution in [0, 0.1) is 0 Å². The maximum Gasteiger partial charge on any atom is 0.270 e. The summed E-state index contributed by atoms with van der Waals surface area (Å²) in [4.78, 5) is 13.4. The molecule has 8 heteroatoms. The summed E-state index contributed by atoms with van der Waals surface area (Å²) >= 11 is 6.33. The highest BCUT2D eigenvalue weighted by molar-refractivity contribution is 7.97. The van der Waals surface area contributed by atoms with E-state index in [0.717, 1.165) is 5.56 Å². The molecule has 0 radical (unpaired) electrons. The van der Waals surface area contributed by atoms with E-state index in [-0.39, 0.29) is 11.4 Å². The zero-order valence-electron chi connectivity index (χ0n) is 20.6. The molecule has 6 nitrogen and oxygen atoms in total. The lowest BCUT2D eigenvalue weighted by Crippen LogP contribution is -2.39. The van der Waals surface area contributed by atoms with Crippen LogP contribution in [0.5, 0.6) is 5.75 Å². The topological polar surface area (TPSA) is 75.7 Å². The summed E-state index contributed by atoms with van der Waals surface area (Å²) in [5, 5.41) is 3.21. The zero-order valence-corrected chi connectivity index (χ0v) is 22.2. The van der Waals surface area contributed by atoms with Crippen LogP contribution in [-0.4, -0.2) is 20.9 Å². The van der Waals surface area contributed by atoms with Crippen molar-refractivity contribution in [3.8, 4) is 5.75 Å². The summed E-state index contributed by atoms with van der Waals surface area (Å²) in [7, 11) is -4.17. The van der Waals surface area contributed by atoms with E-state index in [4.69, 9.17) is 16.3 Å². The van der Waals surface area contributed by atoms with E-state index >= 15 is 0 Å². The first-order valence-corrected chi connectivity index (χ1v) is 13.9. The minimum Gasteiger partial charge on any atom is -0.489 e. The normalized spacial score (nSPS) is 14.1. The third-order valence-electron chi connectivity index (χ3n) is 6.19. The van der Waals surface area contributed by atoms with Gasteiger partial charge >= 0.3 is 0 Å². The van der Waals surface area contributed by atoms with Gasteiger partial charge in [0.1, 0.15) is 12.4 Å². The fourth-order valence-electron chi connectivity index (χ4n) is 4.44. The monoisotopic (exact) mass is 544 g/mol. The minimum atomic E-state index is -4.17. The van der Waals surface area contributed by atoms with Crippen LogP contribution in [0.25, 0.3) is 5.57 Å². The number of hydrogen-bond acceptors (Lipinski definition) is 4. The van der Waals surface area contributed by atoms with E-state index in [0.29, 0.717) is 45.5 Å². The van der Waals surface area contributed by atoms with E-state index in [9.17, 15) is 13.2 Å². The molecule has 0 saturated heterocycles. The van der Waals surface area contributed by atoms with Crippen molar-refractivity contribution >= 4 is 44.5 Å². The molecule has 0 aliphatic carbocycles. The van der Waals surface area contributed by atoms with Crippen molar-refractivity contribution in [1.82, 2.24) is 0 Å². The standard InChI is InChI=1S/C30H25ClN2O4S/c1-2-33-27-18-13-23(31)19-26(27)28(22-11-7-4-8-12-22)29(38(33,35)36)30(34)32-24-14-16-25(17-15-24)37-20-21-9-5-3-6-10-21/h3-19H,2,20H2,1H3,(H,32,34). The average Bonchev–Trinajstić information content (AvgIpc) is 2.93. The van der Waals surface area contributed by atoms with Crippen LogP contribution < -0.4 is 14.4 Å². The number of nitrogens with zero attached hydrogens (tertiary/aromatic N) is 1. The number of sulfonamides is 1. The Kier molecular flexibility index (Phi) is 7.22. The quantitative estimate of drug-likeness (QED) is 0.289. The number of nitrogens with one attached hydrogen (secondary N) is 1. The molecule has 5 rings (SSSR count). The predicted molar refractivity (Wildman–Crippen MR) is 152 cm³/mol. The van der Waals surface area contributed by atoms with Gasteiger partial charge in [0.05, 0.1) is 5.69 Å². The van der Waals surface area contributed by atoms with Crippen LogP contribution in [0.4, 0.5) is 11.4 Å². The number of amides is 1. The molecular weight excluding hydrogens is 520 g/mol. The molecule has 1 aliphatic heterocycles. The second kappa shape index (κ2) is 10.7. The van der Waals surface area contributed by atoms with E-state index in [1.54, 1.807) is 73.7 Å². The molecule has 0 unspecified atom stereocenters. The molecule has 4 aromatic rings. The number of hydrogen-bond donors (Lipinski definition) is 1. The lowest BCUT2D eigenvalue weighted by atomic mass is 9.95. The van der Waals surface area contributed by atoms with Gasteiger partial charge < -0.3 is 10.1 Å². The van der Waals surface area contributed by atoms with Crippen molar-refractivity contribution in [2.24, 2.45) is 0 Å². The Morgan fingerprint density at radius 3 is 2.21 bits per heavy atom. The first kappa shape index (κ1) is 25.6. The smallest absolute Gasteiger partial charge is 0.270 e. The summed E-state index contributed by atoms with van der Waals surface area (Å²) in [5.41, 5.74) is 3.45. The Bertz CT molecular complexity index is 1600. The van der Waals surface area contributed by atoms with E-state index in [2.05, 4.69) is 5.32 Å². The van der Waals surface area contributed by atoms with Crippen molar-refractivity contribution in [2.45, 2.75) is 13.5 Å². The summed E-state index contributed by atoms with van der Waals surface area (Å²) in [6.07, 6.45) is 0. The first-order valence-electron chi connectivity index (χ1n) is 12.1. The van der Waals surface area contributed by atoms with Gasteiger partial charge in [-0.2, -0.15) is 0 Å². The van der Waals surface area contributed by atoms with Crippen molar-refractivity contribution in [3.05, 3.63) is 130 Å². The van der Waals surface area contributed by atoms with Gasteiger partial charge in [0.2, 0.25) is 0 Å². The van der Waals surface area contributed by atoms with Gasteiger partial charge in [-0.25, -0.2) is 8.42 Å². The van der Waals surface area contributed by atoms with Gasteiger partial charge in [-0.1, -0.05) is 72.3 Å². The molecule has 0 bridgehead atoms. The third-order valence-corrected chi connectivity index (χ3v) is 8.36. The molecule has 192 valence electrons. The summed E-state index contributed by atoms with van der Waals surface area (Å²) < 4.78 is 34.7. The van der Waals surface area contributed by atoms with Gasteiger partial charge in [0, 0.05) is 28.4 Å². The summed E-state index contributed by atoms with van der Waals surface area (Å²) in [5.74, 6) is -0.104. The molecule has 4 aromatic carbocycles. The summed E-state index contributed by atoms with van der Waals surface area (Å²) in [6, 6.07) is 30.6. The van der Waals surface area contributed by atoms with Gasteiger partial charge in [-0.05, 0) is 60.5 Å². The number of carbonyl (C=O) groups is 1. The first-order chi connectivity index (χ1) is 18.4. The van der Waals surface area contributed by atoms with Crippen LogP contribution in [0.15, 0.2) is 108 Å². The molecule has 0 atom stereocenters. The molecule has 38 heavy (non-hydrogen) atoms. The van der Waals surface area contributed by atoms with Gasteiger partial charge in [0.15, 0.2) is 4.91 Å². The molecule has 0 spiro atoms. The average molecular weight is 545 g/mol. The maximum absolute atomic E-state index is 13.8. The second-order valence-electron chi connectivity index (χ2n) is 8.65. The van der Waals surface area contributed by atoms with E-state index < -0.39 is 15.9 Å². The number of carbonyl (C=O) groups excluding carboxylic acids is 1. The molecule has 1 heterocycles. The zero-order chi connectivity index (χ0) is 26.7. The van der Waals surface area contributed by atoms with Crippen molar-refractivity contribution in [2.75, 3.05) is 16.2 Å². The largest absolute Gasteiger partial charge is 0.489 e. The second-order valence-corrected chi connectivity index (χ2v) is 10.9. The number of benzene rings is 4. The maximum atomic E-state index is 13.8. The Labute approximate surface area is 227 Å². The SMILES string of the molecule is CCN1c2ccc(Cl)cc2C(c2ccccc2)=C(C(=O)Nc2ccc(OCc3ccccc3)cc2)S1(=O)=O. The minimum absolute atomic E-state index is 0.156. The Morgan fingerprint density at radius 2 is 1.55 bits per heavy atom. The number of fused-ring (bicyclic) bond motifs is 1. The lowest BCUT2D eigenvalue weighted by Gasteiger charge is -2.33. The molecule has 0 aromatic heterocycles. The van der Waals surface area contributed by atoms with Crippen LogP contribution in [-0.2, 0) is 21.4 Å². The fourth-order valence-corrected chi connectivity index (χ4v) is 6.36. The highest BCUT2D eigenvalue weighted by Gasteiger charge is 2.40. The van der Waals surface area contributed by atoms with Crippen LogP contribution in [0.3, 0.4) is 0 Å². The molecule has 1 N–H and O–H groups in total. The number of anilines is 2. The lowest BCUT2D eigenvalue weighted by molar-refractivity contribution is -0.112. The molecule has 0 fully saturated rings. The highest BCUT2D eigenvalue weighted by Crippen LogP contribution is 2.44. The number of ether oxygens (including phenoxy) is 1. The summed E-state index contributed by atoms with van der Waals surface area (Å²) in [6.45, 7) is 2.29. The predicted octanol–water partition coefficient (Wildman–Crippen LogP) is 6.49. The third kappa shape index (κ3) is 5.03. The van der Waals surface area contributed by atoms with Crippen molar-refractivity contribution in [3.63, 3.8) is 0 Å². The van der Waals surface area contributed by atoms with Crippen LogP contribution in [0.1, 0.15) is 23.6 Å². The van der Waals surface area contributed by atoms with Crippen molar-refractivity contribution < 1.29 is 17.9 Å².